The van der Waals surface area contributed by atoms with Gasteiger partial charge >= 0.3 is 201 Å². The zero-order valence-electron chi connectivity index (χ0n) is 18.5. The van der Waals surface area contributed by atoms with Crippen molar-refractivity contribution < 1.29 is 17.3 Å². The number of allylic oxidation sites excluding steroid dienone is 1. The van der Waals surface area contributed by atoms with Gasteiger partial charge in [0.1, 0.15) is 0 Å². The number of rotatable bonds is 5. The van der Waals surface area contributed by atoms with Crippen LogP contribution >= 0.6 is 22.9 Å². The molecule has 3 aromatic carbocycles. The Labute approximate surface area is 199 Å². The molecule has 0 fully saturated rings. The molecule has 2 unspecified atom stereocenters. The molecule has 0 saturated heterocycles. The van der Waals surface area contributed by atoms with Crippen molar-refractivity contribution in [1.82, 2.24) is 0 Å². The average molecular weight is 547 g/mol. The van der Waals surface area contributed by atoms with Crippen molar-refractivity contribution >= 4 is 34.3 Å². The second-order valence-corrected chi connectivity index (χ2v) is 33.0. The molecule has 0 N–H and O–H groups in total. The number of benzene rings is 3. The van der Waals surface area contributed by atoms with Gasteiger partial charge in [-0.2, -0.15) is 0 Å². The van der Waals surface area contributed by atoms with Gasteiger partial charge < -0.3 is 0 Å². The molecule has 0 heterocycles. The van der Waals surface area contributed by atoms with Gasteiger partial charge in [-0.15, -0.1) is 0 Å². The predicted octanol–water partition coefficient (Wildman–Crippen LogP) is 8.88. The van der Waals surface area contributed by atoms with Crippen molar-refractivity contribution in [1.29, 1.82) is 0 Å². The maximum absolute atomic E-state index is 7.29. The maximum atomic E-state index is 7.29. The molecule has 4 heteroatoms. The van der Waals surface area contributed by atoms with Crippen LogP contribution in [0.25, 0.3) is 17.2 Å². The zero-order valence-corrected chi connectivity index (χ0v) is 23.5. The first-order valence-electron chi connectivity index (χ1n) is 10.9. The molecule has 1 aliphatic carbocycles. The first kappa shape index (κ1) is 23.5. The van der Waals surface area contributed by atoms with Crippen LogP contribution in [0.2, 0.25) is 0 Å². The average Bonchev–Trinajstić information content (AvgIpc) is 3.13. The van der Waals surface area contributed by atoms with Gasteiger partial charge in [-0.1, -0.05) is 0 Å². The molecule has 0 amide bonds. The Morgan fingerprint density at radius 2 is 1.55 bits per heavy atom. The Morgan fingerprint density at radius 1 is 0.871 bits per heavy atom. The van der Waals surface area contributed by atoms with Crippen LogP contribution in [0.1, 0.15) is 54.4 Å². The van der Waals surface area contributed by atoms with E-state index >= 15 is 0 Å². The van der Waals surface area contributed by atoms with Crippen LogP contribution in [0, 0.1) is 0 Å². The predicted molar refractivity (Wildman–Crippen MR) is 138 cm³/mol. The summed E-state index contributed by atoms with van der Waals surface area (Å²) < 4.78 is 0.213. The molecular weight excluding hydrogens is 517 g/mol. The van der Waals surface area contributed by atoms with Gasteiger partial charge in [-0.25, -0.2) is 0 Å². The summed E-state index contributed by atoms with van der Waals surface area (Å²) in [5.74, 6) is 0.521. The van der Waals surface area contributed by atoms with Crippen LogP contribution in [-0.2, 0) is 22.7 Å². The van der Waals surface area contributed by atoms with E-state index in [9.17, 15) is 0 Å². The number of hydrogen-bond acceptors (Lipinski definition) is 0. The SMILES string of the molecule is CCC1=Cc2c(-c3ccc(C(C)(C)C)cc3)cccc2[CH]1[Zr]([Cl])([Cl])[PH]c1ccccc1. The molecule has 0 saturated carbocycles. The molecular formula is C27H29Cl2PZr. The van der Waals surface area contributed by atoms with Crippen molar-refractivity contribution in [3.8, 4) is 11.1 Å². The van der Waals surface area contributed by atoms with Gasteiger partial charge in [0.2, 0.25) is 0 Å². The van der Waals surface area contributed by atoms with Crippen molar-refractivity contribution in [2.24, 2.45) is 0 Å². The third-order valence-corrected chi connectivity index (χ3v) is 22.7. The minimum absolute atomic E-state index is 0.154. The first-order chi connectivity index (χ1) is 14.7. The molecule has 0 bridgehead atoms. The second kappa shape index (κ2) is 9.27. The number of fused-ring (bicyclic) bond motifs is 1. The Bertz CT molecular complexity index is 1100. The van der Waals surface area contributed by atoms with Crippen LogP contribution < -0.4 is 5.30 Å². The van der Waals surface area contributed by atoms with Gasteiger partial charge in [0.05, 0.1) is 0 Å². The summed E-state index contributed by atoms with van der Waals surface area (Å²) in [6.45, 7) is 8.99. The van der Waals surface area contributed by atoms with E-state index in [1.54, 1.807) is 0 Å². The van der Waals surface area contributed by atoms with Crippen LogP contribution in [0.4, 0.5) is 0 Å². The van der Waals surface area contributed by atoms with Gasteiger partial charge in [-0.05, 0) is 0 Å². The molecule has 0 radical (unpaired) electrons. The molecule has 4 rings (SSSR count). The molecule has 3 aromatic rings. The van der Waals surface area contributed by atoms with Gasteiger partial charge in [-0.3, -0.25) is 0 Å². The molecule has 1 aliphatic rings. The van der Waals surface area contributed by atoms with Gasteiger partial charge in [0.25, 0.3) is 0 Å². The second-order valence-electron chi connectivity index (χ2n) is 9.26. The van der Waals surface area contributed by atoms with E-state index in [0.717, 1.165) is 6.42 Å². The van der Waals surface area contributed by atoms with Crippen molar-refractivity contribution in [2.75, 3.05) is 0 Å². The summed E-state index contributed by atoms with van der Waals surface area (Å²) in [5.41, 5.74) is 8.09. The van der Waals surface area contributed by atoms with Crippen LogP contribution in [-0.4, -0.2) is 0 Å². The standard InChI is InChI=1S/C21H23.C6H6P.2ClH.Zr/c1-5-15-13-17-7-6-8-19(20(17)14-15)16-9-11-18(12-10-16)21(2,3)4;7-6-4-2-1-3-5-6;;;/h6-14H,5H2,1-4H3;1-5,7H;2*1H;/q;-1;;;+3/p-2. The zero-order chi connectivity index (χ0) is 22.2. The van der Waals surface area contributed by atoms with Gasteiger partial charge in [0, 0.05) is 0 Å². The fraction of sp³-hybridized carbons (Fsp3) is 0.259. The Hall–Kier alpha value is -0.707. The van der Waals surface area contributed by atoms with Crippen LogP contribution in [0.5, 0.6) is 0 Å². The molecule has 0 spiro atoms. The van der Waals surface area contributed by atoms with E-state index in [1.807, 2.05) is 6.07 Å². The molecule has 160 valence electrons. The summed E-state index contributed by atoms with van der Waals surface area (Å²) in [6.07, 6.45) is 3.36. The summed E-state index contributed by atoms with van der Waals surface area (Å²) in [5, 5.41) is 1.28. The van der Waals surface area contributed by atoms with E-state index in [-0.39, 0.29) is 9.04 Å². The fourth-order valence-electron chi connectivity index (χ4n) is 4.39. The summed E-state index contributed by atoms with van der Waals surface area (Å²) >= 11 is -3.48. The van der Waals surface area contributed by atoms with E-state index in [2.05, 4.69) is 101 Å². The van der Waals surface area contributed by atoms with Gasteiger partial charge in [0.15, 0.2) is 0 Å². The Kier molecular flexibility index (Phi) is 7.01. The van der Waals surface area contributed by atoms with E-state index in [0.29, 0.717) is 5.87 Å². The van der Waals surface area contributed by atoms with E-state index in [1.165, 1.54) is 38.7 Å². The van der Waals surface area contributed by atoms with Crippen LogP contribution in [0.3, 0.4) is 0 Å². The van der Waals surface area contributed by atoms with Crippen LogP contribution in [0.15, 0.2) is 78.4 Å². The molecule has 2 atom stereocenters. The normalized spacial score (nSPS) is 16.6. The van der Waals surface area contributed by atoms with Crippen molar-refractivity contribution in [2.45, 2.75) is 43.2 Å². The Balaban J connectivity index is 1.74. The molecule has 31 heavy (non-hydrogen) atoms. The third kappa shape index (κ3) is 4.97. The van der Waals surface area contributed by atoms with E-state index < -0.39 is 17.3 Å². The summed E-state index contributed by atoms with van der Waals surface area (Å²) in [7, 11) is 14.6. The third-order valence-electron chi connectivity index (χ3n) is 6.07. The summed E-state index contributed by atoms with van der Waals surface area (Å²) in [4.78, 5) is 0. The molecule has 0 aliphatic heterocycles. The first-order valence-corrected chi connectivity index (χ1v) is 23.3. The number of hydrogen-bond donors (Lipinski definition) is 0. The number of halogens is 2. The van der Waals surface area contributed by atoms with Crippen molar-refractivity contribution in [3.63, 3.8) is 0 Å². The van der Waals surface area contributed by atoms with Crippen molar-refractivity contribution in [3.05, 3.63) is 95.1 Å². The Morgan fingerprint density at radius 3 is 2.16 bits per heavy atom. The molecule has 0 nitrogen and oxygen atoms in total. The molecule has 0 aromatic heterocycles. The minimum atomic E-state index is -3.48. The fourth-order valence-corrected chi connectivity index (χ4v) is 22.8. The quantitative estimate of drug-likeness (QED) is 0.280. The summed E-state index contributed by atoms with van der Waals surface area (Å²) in [6, 6.07) is 26.2. The monoisotopic (exact) mass is 544 g/mol. The van der Waals surface area contributed by atoms with E-state index in [4.69, 9.17) is 17.0 Å². The topological polar surface area (TPSA) is 0 Å².